The third-order valence-corrected chi connectivity index (χ3v) is 2.65. The van der Waals surface area contributed by atoms with Crippen LogP contribution in [0.15, 0.2) is 22.8 Å². The van der Waals surface area contributed by atoms with Crippen LogP contribution in [0.25, 0.3) is 0 Å². The largest absolute Gasteiger partial charge is 0.467 e. The zero-order valence-electron chi connectivity index (χ0n) is 11.5. The van der Waals surface area contributed by atoms with Crippen molar-refractivity contribution in [3.8, 4) is 0 Å². The van der Waals surface area contributed by atoms with Gasteiger partial charge in [-0.25, -0.2) is 0 Å². The monoisotopic (exact) mass is 267 g/mol. The molecule has 1 aromatic heterocycles. The summed E-state index contributed by atoms with van der Waals surface area (Å²) in [4.78, 5) is 23.3. The SMILES string of the molecule is CCNC(=O)C(C)NC(C)C(=O)NCc1ccco1. The molecule has 0 aliphatic rings. The molecular formula is C13H21N3O3. The Bertz CT molecular complexity index is 403. The molecule has 2 amide bonds. The minimum atomic E-state index is -0.451. The van der Waals surface area contributed by atoms with Crippen molar-refractivity contribution >= 4 is 11.8 Å². The van der Waals surface area contributed by atoms with Gasteiger partial charge < -0.3 is 15.1 Å². The van der Waals surface area contributed by atoms with Crippen molar-refractivity contribution in [3.05, 3.63) is 24.2 Å². The lowest BCUT2D eigenvalue weighted by atomic mass is 10.2. The number of likely N-dealkylation sites (N-methyl/N-ethyl adjacent to an activating group) is 1. The third kappa shape index (κ3) is 5.13. The van der Waals surface area contributed by atoms with Crippen molar-refractivity contribution in [2.75, 3.05) is 6.54 Å². The highest BCUT2D eigenvalue weighted by Crippen LogP contribution is 1.99. The zero-order chi connectivity index (χ0) is 14.3. The Morgan fingerprint density at radius 1 is 1.21 bits per heavy atom. The van der Waals surface area contributed by atoms with Crippen LogP contribution in [0.5, 0.6) is 0 Å². The molecule has 6 nitrogen and oxygen atoms in total. The first-order valence-electron chi connectivity index (χ1n) is 6.38. The van der Waals surface area contributed by atoms with Crippen molar-refractivity contribution < 1.29 is 14.0 Å². The number of amides is 2. The Morgan fingerprint density at radius 2 is 1.84 bits per heavy atom. The molecule has 0 radical (unpaired) electrons. The Morgan fingerprint density at radius 3 is 2.37 bits per heavy atom. The molecule has 1 heterocycles. The van der Waals surface area contributed by atoms with E-state index in [0.29, 0.717) is 18.8 Å². The molecule has 6 heteroatoms. The maximum absolute atomic E-state index is 11.8. The molecule has 19 heavy (non-hydrogen) atoms. The van der Waals surface area contributed by atoms with E-state index in [2.05, 4.69) is 16.0 Å². The van der Waals surface area contributed by atoms with Gasteiger partial charge >= 0.3 is 0 Å². The number of nitrogens with one attached hydrogen (secondary N) is 3. The topological polar surface area (TPSA) is 83.4 Å². The fourth-order valence-corrected chi connectivity index (χ4v) is 1.59. The average Bonchev–Trinajstić information content (AvgIpc) is 2.89. The molecule has 2 atom stereocenters. The predicted octanol–water partition coefficient (Wildman–Crippen LogP) is 0.399. The van der Waals surface area contributed by atoms with Crippen molar-refractivity contribution in [1.29, 1.82) is 0 Å². The van der Waals surface area contributed by atoms with Crippen molar-refractivity contribution in [2.24, 2.45) is 0 Å². The summed E-state index contributed by atoms with van der Waals surface area (Å²) < 4.78 is 5.12. The van der Waals surface area contributed by atoms with Crippen LogP contribution < -0.4 is 16.0 Å². The van der Waals surface area contributed by atoms with Crippen LogP contribution in [0.1, 0.15) is 26.5 Å². The van der Waals surface area contributed by atoms with Crippen LogP contribution in [-0.2, 0) is 16.1 Å². The second kappa shape index (κ2) is 7.58. The summed E-state index contributed by atoms with van der Waals surface area (Å²) in [5.74, 6) is 0.401. The number of carbonyl (C=O) groups excluding carboxylic acids is 2. The molecule has 0 saturated heterocycles. The minimum Gasteiger partial charge on any atom is -0.467 e. The normalized spacial score (nSPS) is 13.6. The Hall–Kier alpha value is -1.82. The van der Waals surface area contributed by atoms with Crippen LogP contribution in [0.4, 0.5) is 0 Å². The molecule has 1 aromatic rings. The lowest BCUT2D eigenvalue weighted by Crippen LogP contribution is -2.50. The van der Waals surface area contributed by atoms with Gasteiger partial charge in [0.1, 0.15) is 5.76 Å². The number of hydrogen-bond donors (Lipinski definition) is 3. The molecule has 106 valence electrons. The highest BCUT2D eigenvalue weighted by Gasteiger charge is 2.19. The average molecular weight is 267 g/mol. The Kier molecular flexibility index (Phi) is 6.08. The van der Waals surface area contributed by atoms with Gasteiger partial charge in [-0.2, -0.15) is 0 Å². The predicted molar refractivity (Wildman–Crippen MR) is 71.3 cm³/mol. The van der Waals surface area contributed by atoms with E-state index in [-0.39, 0.29) is 11.8 Å². The Balaban J connectivity index is 2.33. The summed E-state index contributed by atoms with van der Waals surface area (Å²) in [5, 5.41) is 8.37. The fraction of sp³-hybridized carbons (Fsp3) is 0.538. The van der Waals surface area contributed by atoms with Gasteiger partial charge in [-0.1, -0.05) is 0 Å². The number of furan rings is 1. The van der Waals surface area contributed by atoms with Crippen LogP contribution in [0.2, 0.25) is 0 Å². The standard InChI is InChI=1S/C13H21N3O3/c1-4-14-12(17)9(2)16-10(3)13(18)15-8-11-6-5-7-19-11/h5-7,9-10,16H,4,8H2,1-3H3,(H,14,17)(H,15,18). The molecular weight excluding hydrogens is 246 g/mol. The summed E-state index contributed by atoms with van der Waals surface area (Å²) >= 11 is 0. The van der Waals surface area contributed by atoms with E-state index >= 15 is 0 Å². The van der Waals surface area contributed by atoms with E-state index < -0.39 is 12.1 Å². The van der Waals surface area contributed by atoms with Gasteiger partial charge in [0.2, 0.25) is 11.8 Å². The molecule has 0 aliphatic heterocycles. The van der Waals surface area contributed by atoms with Crippen LogP contribution >= 0.6 is 0 Å². The first kappa shape index (κ1) is 15.2. The number of carbonyl (C=O) groups is 2. The molecule has 0 spiro atoms. The van der Waals surface area contributed by atoms with Gasteiger partial charge in [0.15, 0.2) is 0 Å². The molecule has 0 aliphatic carbocycles. The van der Waals surface area contributed by atoms with Crippen LogP contribution in [-0.4, -0.2) is 30.4 Å². The van der Waals surface area contributed by atoms with E-state index in [1.165, 1.54) is 0 Å². The highest BCUT2D eigenvalue weighted by atomic mass is 16.3. The van der Waals surface area contributed by atoms with Crippen molar-refractivity contribution in [2.45, 2.75) is 39.4 Å². The van der Waals surface area contributed by atoms with E-state index in [0.717, 1.165) is 0 Å². The lowest BCUT2D eigenvalue weighted by molar-refractivity contribution is -0.125. The highest BCUT2D eigenvalue weighted by molar-refractivity contribution is 5.84. The summed E-state index contributed by atoms with van der Waals surface area (Å²) in [7, 11) is 0. The van der Waals surface area contributed by atoms with Crippen LogP contribution in [0, 0.1) is 0 Å². The van der Waals surface area contributed by atoms with Crippen molar-refractivity contribution in [3.63, 3.8) is 0 Å². The molecule has 3 N–H and O–H groups in total. The van der Waals surface area contributed by atoms with E-state index in [1.54, 1.807) is 32.2 Å². The smallest absolute Gasteiger partial charge is 0.237 e. The molecule has 0 fully saturated rings. The zero-order valence-corrected chi connectivity index (χ0v) is 11.5. The van der Waals surface area contributed by atoms with Gasteiger partial charge in [0.05, 0.1) is 24.9 Å². The summed E-state index contributed by atoms with van der Waals surface area (Å²) in [6.45, 7) is 6.20. The molecule has 0 bridgehead atoms. The summed E-state index contributed by atoms with van der Waals surface area (Å²) in [5.41, 5.74) is 0. The quantitative estimate of drug-likeness (QED) is 0.667. The van der Waals surface area contributed by atoms with E-state index in [4.69, 9.17) is 4.42 Å². The van der Waals surface area contributed by atoms with Crippen molar-refractivity contribution in [1.82, 2.24) is 16.0 Å². The first-order valence-corrected chi connectivity index (χ1v) is 6.38. The molecule has 1 rings (SSSR count). The summed E-state index contributed by atoms with van der Waals surface area (Å²) in [6, 6.07) is 2.69. The summed E-state index contributed by atoms with van der Waals surface area (Å²) in [6.07, 6.45) is 1.56. The lowest BCUT2D eigenvalue weighted by Gasteiger charge is -2.18. The van der Waals surface area contributed by atoms with Gasteiger partial charge in [0, 0.05) is 6.54 Å². The molecule has 2 unspecified atom stereocenters. The maximum Gasteiger partial charge on any atom is 0.237 e. The van der Waals surface area contributed by atoms with Gasteiger partial charge in [-0.15, -0.1) is 0 Å². The van der Waals surface area contributed by atoms with Gasteiger partial charge in [-0.05, 0) is 32.9 Å². The molecule has 0 aromatic carbocycles. The van der Waals surface area contributed by atoms with E-state index in [1.807, 2.05) is 6.92 Å². The number of hydrogen-bond acceptors (Lipinski definition) is 4. The fourth-order valence-electron chi connectivity index (χ4n) is 1.59. The Labute approximate surface area is 112 Å². The molecule has 0 saturated carbocycles. The minimum absolute atomic E-state index is 0.117. The number of rotatable bonds is 7. The van der Waals surface area contributed by atoms with Gasteiger partial charge in [0.25, 0.3) is 0 Å². The second-order valence-electron chi connectivity index (χ2n) is 4.30. The third-order valence-electron chi connectivity index (χ3n) is 2.65. The van der Waals surface area contributed by atoms with E-state index in [9.17, 15) is 9.59 Å². The second-order valence-corrected chi connectivity index (χ2v) is 4.30. The maximum atomic E-state index is 11.8. The first-order chi connectivity index (χ1) is 9.04. The van der Waals surface area contributed by atoms with Crippen LogP contribution in [0.3, 0.4) is 0 Å². The van der Waals surface area contributed by atoms with Gasteiger partial charge in [-0.3, -0.25) is 14.9 Å².